The third kappa shape index (κ3) is 3.15. The first-order valence-corrected chi connectivity index (χ1v) is 5.97. The van der Waals surface area contributed by atoms with Crippen molar-refractivity contribution in [1.29, 1.82) is 0 Å². The highest BCUT2D eigenvalue weighted by molar-refractivity contribution is 7.85. The van der Waals surface area contributed by atoms with Crippen molar-refractivity contribution >= 4 is 22.0 Å². The maximum Gasteiger partial charge on any atom is 0.327 e. The fourth-order valence-corrected chi connectivity index (χ4v) is 2.23. The van der Waals surface area contributed by atoms with E-state index in [1.807, 2.05) is 0 Å². The zero-order valence-corrected chi connectivity index (χ0v) is 8.92. The lowest BCUT2D eigenvalue weighted by Crippen LogP contribution is -2.46. The van der Waals surface area contributed by atoms with Crippen LogP contribution in [-0.2, 0) is 19.7 Å². The molecule has 1 amide bonds. The van der Waals surface area contributed by atoms with E-state index in [1.165, 1.54) is 0 Å². The number of aliphatic carboxylic acids is 1. The van der Waals surface area contributed by atoms with Gasteiger partial charge in [0.25, 0.3) is 10.1 Å². The smallest absolute Gasteiger partial charge is 0.327 e. The molecule has 0 aromatic heterocycles. The van der Waals surface area contributed by atoms with Crippen LogP contribution in [-0.4, -0.2) is 64.4 Å². The van der Waals surface area contributed by atoms with Crippen molar-refractivity contribution in [3.63, 3.8) is 0 Å². The molecule has 0 saturated carbocycles. The van der Waals surface area contributed by atoms with Crippen molar-refractivity contribution in [1.82, 2.24) is 4.90 Å². The number of amides is 1. The number of β-amino-alcohol motifs (C(OH)–C–C–N with tert-alkyl or cyclic N) is 1. The van der Waals surface area contributed by atoms with E-state index >= 15 is 0 Å². The number of carboxylic acid groups (broad SMARTS) is 1. The van der Waals surface area contributed by atoms with Crippen LogP contribution >= 0.6 is 0 Å². The second kappa shape index (κ2) is 4.36. The van der Waals surface area contributed by atoms with Gasteiger partial charge in [0, 0.05) is 6.54 Å². The molecule has 1 heterocycles. The van der Waals surface area contributed by atoms with Crippen LogP contribution in [0.1, 0.15) is 6.42 Å². The highest BCUT2D eigenvalue weighted by Gasteiger charge is 2.39. The molecule has 0 aromatic carbocycles. The Balaban J connectivity index is 2.87. The summed E-state index contributed by atoms with van der Waals surface area (Å²) >= 11 is 0. The number of aliphatic hydroxyl groups excluding tert-OH is 1. The monoisotopic (exact) mass is 253 g/mol. The summed E-state index contributed by atoms with van der Waals surface area (Å²) in [6, 6.07) is -1.67. The predicted octanol–water partition coefficient (Wildman–Crippen LogP) is -2.08. The Hall–Kier alpha value is -1.19. The molecule has 1 saturated heterocycles. The first kappa shape index (κ1) is 12.9. The number of rotatable bonds is 4. The first-order chi connectivity index (χ1) is 7.20. The van der Waals surface area contributed by atoms with Crippen molar-refractivity contribution < 1.29 is 32.8 Å². The normalized spacial score (nSPS) is 23.5. The summed E-state index contributed by atoms with van der Waals surface area (Å²) in [4.78, 5) is 22.7. The van der Waals surface area contributed by atoms with E-state index < -0.39 is 39.9 Å². The molecule has 92 valence electrons. The Bertz CT molecular complexity index is 403. The molecule has 1 fully saturated rings. The summed E-state index contributed by atoms with van der Waals surface area (Å²) < 4.78 is 29.7. The van der Waals surface area contributed by atoms with Gasteiger partial charge in [0.1, 0.15) is 11.8 Å². The molecule has 2 atom stereocenters. The minimum Gasteiger partial charge on any atom is -0.480 e. The molecule has 2 unspecified atom stereocenters. The number of nitrogens with zero attached hydrogens (tertiary/aromatic N) is 1. The van der Waals surface area contributed by atoms with E-state index in [0.717, 1.165) is 4.90 Å². The minimum absolute atomic E-state index is 0.241. The zero-order chi connectivity index (χ0) is 12.5. The molecule has 1 rings (SSSR count). The molecule has 1 aliphatic heterocycles. The fraction of sp³-hybridized carbons (Fsp3) is 0.714. The van der Waals surface area contributed by atoms with Gasteiger partial charge in [0.05, 0.1) is 12.5 Å². The van der Waals surface area contributed by atoms with Gasteiger partial charge in [-0.3, -0.25) is 9.35 Å². The average molecular weight is 253 g/mol. The van der Waals surface area contributed by atoms with Gasteiger partial charge in [-0.15, -0.1) is 0 Å². The number of carboxylic acids is 1. The second-order valence-corrected chi connectivity index (χ2v) is 5.00. The lowest BCUT2D eigenvalue weighted by atomic mass is 10.3. The van der Waals surface area contributed by atoms with Crippen molar-refractivity contribution in [2.45, 2.75) is 18.6 Å². The van der Waals surface area contributed by atoms with E-state index in [-0.39, 0.29) is 13.0 Å². The molecule has 0 radical (unpaired) electrons. The highest BCUT2D eigenvalue weighted by Crippen LogP contribution is 2.15. The summed E-state index contributed by atoms with van der Waals surface area (Å²) in [5.74, 6) is -3.27. The third-order valence-corrected chi connectivity index (χ3v) is 2.90. The zero-order valence-electron chi connectivity index (χ0n) is 8.11. The van der Waals surface area contributed by atoms with Gasteiger partial charge in [-0.1, -0.05) is 0 Å². The Morgan fingerprint density at radius 3 is 2.44 bits per heavy atom. The second-order valence-electron chi connectivity index (χ2n) is 3.51. The number of likely N-dealkylation sites (tertiary alicyclic amines) is 1. The fourth-order valence-electron chi connectivity index (χ4n) is 1.51. The van der Waals surface area contributed by atoms with Gasteiger partial charge >= 0.3 is 5.97 Å². The van der Waals surface area contributed by atoms with Gasteiger partial charge in [0.15, 0.2) is 0 Å². The van der Waals surface area contributed by atoms with Gasteiger partial charge in [0.2, 0.25) is 5.91 Å². The molecule has 0 aliphatic carbocycles. The number of carbonyl (C=O) groups excluding carboxylic acids is 1. The molecule has 1 aliphatic rings. The van der Waals surface area contributed by atoms with Crippen LogP contribution in [0, 0.1) is 0 Å². The first-order valence-electron chi connectivity index (χ1n) is 4.36. The van der Waals surface area contributed by atoms with Gasteiger partial charge in [-0.2, -0.15) is 8.42 Å². The maximum atomic E-state index is 11.2. The lowest BCUT2D eigenvalue weighted by molar-refractivity contribution is -0.147. The van der Waals surface area contributed by atoms with Crippen molar-refractivity contribution in [2.24, 2.45) is 0 Å². The topological polar surface area (TPSA) is 132 Å². The molecule has 3 N–H and O–H groups in total. The van der Waals surface area contributed by atoms with Crippen molar-refractivity contribution in [3.8, 4) is 0 Å². The predicted molar refractivity (Wildman–Crippen MR) is 50.2 cm³/mol. The van der Waals surface area contributed by atoms with Crippen LogP contribution in [0.4, 0.5) is 0 Å². The van der Waals surface area contributed by atoms with Gasteiger partial charge in [-0.05, 0) is 0 Å². The van der Waals surface area contributed by atoms with Crippen molar-refractivity contribution in [3.05, 3.63) is 0 Å². The maximum absolute atomic E-state index is 11.2. The molecule has 9 heteroatoms. The molecule has 0 spiro atoms. The lowest BCUT2D eigenvalue weighted by Gasteiger charge is -2.22. The van der Waals surface area contributed by atoms with Gasteiger partial charge < -0.3 is 15.1 Å². The minimum atomic E-state index is -4.50. The summed E-state index contributed by atoms with van der Waals surface area (Å²) in [6.07, 6.45) is -1.24. The van der Waals surface area contributed by atoms with E-state index in [2.05, 4.69) is 0 Å². The Labute approximate surface area is 91.2 Å². The standard InChI is InChI=1S/C7H11NO7S/c9-4-1-6(10)8(2-4)5(7(11)12)3-16(13,14)15/h4-5,9H,1-3H2,(H,11,12)(H,13,14,15). The number of aliphatic hydroxyl groups is 1. The van der Waals surface area contributed by atoms with Crippen LogP contribution in [0.25, 0.3) is 0 Å². The van der Waals surface area contributed by atoms with Crippen LogP contribution in [0.5, 0.6) is 0 Å². The molecular weight excluding hydrogens is 242 g/mol. The number of carbonyl (C=O) groups is 2. The van der Waals surface area contributed by atoms with Crippen molar-refractivity contribution in [2.75, 3.05) is 12.3 Å². The largest absolute Gasteiger partial charge is 0.480 e. The Morgan fingerprint density at radius 2 is 2.12 bits per heavy atom. The summed E-state index contributed by atoms with van der Waals surface area (Å²) in [5.41, 5.74) is 0. The number of hydrogen-bond donors (Lipinski definition) is 3. The molecule has 16 heavy (non-hydrogen) atoms. The highest BCUT2D eigenvalue weighted by atomic mass is 32.2. The van der Waals surface area contributed by atoms with E-state index in [9.17, 15) is 18.0 Å². The van der Waals surface area contributed by atoms with Crippen LogP contribution in [0.3, 0.4) is 0 Å². The van der Waals surface area contributed by atoms with E-state index in [4.69, 9.17) is 14.8 Å². The van der Waals surface area contributed by atoms with Crippen LogP contribution in [0.15, 0.2) is 0 Å². The van der Waals surface area contributed by atoms with E-state index in [1.54, 1.807) is 0 Å². The third-order valence-electron chi connectivity index (χ3n) is 2.17. The Morgan fingerprint density at radius 1 is 1.56 bits per heavy atom. The van der Waals surface area contributed by atoms with Crippen LogP contribution in [0.2, 0.25) is 0 Å². The molecule has 0 aromatic rings. The SMILES string of the molecule is O=C(O)C(CS(=O)(=O)O)N1CC(O)CC1=O. The molecular formula is C7H11NO7S. The Kier molecular flexibility index (Phi) is 3.51. The average Bonchev–Trinajstić information content (AvgIpc) is 2.39. The summed E-state index contributed by atoms with van der Waals surface area (Å²) in [5, 5.41) is 17.9. The summed E-state index contributed by atoms with van der Waals surface area (Å²) in [7, 11) is -4.50. The number of hydrogen-bond acceptors (Lipinski definition) is 5. The summed E-state index contributed by atoms with van der Waals surface area (Å²) in [6.45, 7) is -0.245. The van der Waals surface area contributed by atoms with Crippen LogP contribution < -0.4 is 0 Å². The van der Waals surface area contributed by atoms with Gasteiger partial charge in [-0.25, -0.2) is 4.79 Å². The quantitative estimate of drug-likeness (QED) is 0.490. The van der Waals surface area contributed by atoms with E-state index in [0.29, 0.717) is 0 Å². The molecule has 8 nitrogen and oxygen atoms in total. The molecule has 0 bridgehead atoms.